The molecule has 2 atom stereocenters. The molecule has 170 valence electrons. The summed E-state index contributed by atoms with van der Waals surface area (Å²) in [5.41, 5.74) is 4.32. The maximum atomic E-state index is 10.1. The lowest BCUT2D eigenvalue weighted by molar-refractivity contribution is 0.115. The third-order valence-electron chi connectivity index (χ3n) is 4.90. The molecule has 0 radical (unpaired) electrons. The lowest BCUT2D eigenvalue weighted by Crippen LogP contribution is -2.26. The molecule has 0 aliphatic rings. The minimum Gasteiger partial charge on any atom is -0.491 e. The van der Waals surface area contributed by atoms with Crippen LogP contribution in [0, 0.1) is 13.8 Å². The van der Waals surface area contributed by atoms with Crippen LogP contribution in [0.1, 0.15) is 11.1 Å². The molecule has 0 unspecified atom stereocenters. The Morgan fingerprint density at radius 2 is 0.938 bits per heavy atom. The summed E-state index contributed by atoms with van der Waals surface area (Å²) in [6, 6.07) is 23.2. The van der Waals surface area contributed by atoms with Crippen molar-refractivity contribution >= 4 is 11.4 Å². The SMILES string of the molecule is Cc1ccc(NC[C@H](O)COc2ccc(OC[C@@H](O)CNc3ccc(C)cc3)cc2)cc1. The Hall–Kier alpha value is -3.22. The highest BCUT2D eigenvalue weighted by Crippen LogP contribution is 2.18. The molecule has 6 heteroatoms. The van der Waals surface area contributed by atoms with Crippen molar-refractivity contribution in [3.8, 4) is 11.5 Å². The molecule has 0 saturated carbocycles. The Morgan fingerprint density at radius 1 is 0.594 bits per heavy atom. The molecular weight excluding hydrogens is 404 g/mol. The fourth-order valence-corrected chi connectivity index (χ4v) is 2.95. The number of hydrogen-bond donors (Lipinski definition) is 4. The van der Waals surface area contributed by atoms with Crippen molar-refractivity contribution in [1.29, 1.82) is 0 Å². The number of anilines is 2. The van der Waals surface area contributed by atoms with E-state index in [0.29, 0.717) is 24.6 Å². The van der Waals surface area contributed by atoms with Crippen LogP contribution in [0.4, 0.5) is 11.4 Å². The van der Waals surface area contributed by atoms with Crippen LogP contribution in [-0.4, -0.2) is 48.7 Å². The molecule has 0 fully saturated rings. The highest BCUT2D eigenvalue weighted by Gasteiger charge is 2.08. The maximum Gasteiger partial charge on any atom is 0.119 e. The van der Waals surface area contributed by atoms with Gasteiger partial charge in [-0.15, -0.1) is 0 Å². The van der Waals surface area contributed by atoms with E-state index in [0.717, 1.165) is 11.4 Å². The molecule has 0 aromatic heterocycles. The topological polar surface area (TPSA) is 83.0 Å². The van der Waals surface area contributed by atoms with Crippen LogP contribution in [0.5, 0.6) is 11.5 Å². The first-order valence-electron chi connectivity index (χ1n) is 10.8. The summed E-state index contributed by atoms with van der Waals surface area (Å²) in [6.45, 7) is 5.24. The molecule has 4 N–H and O–H groups in total. The minimum atomic E-state index is -0.636. The van der Waals surface area contributed by atoms with Gasteiger partial charge in [-0.1, -0.05) is 35.4 Å². The number of hydrogen-bond acceptors (Lipinski definition) is 6. The van der Waals surface area contributed by atoms with Crippen LogP contribution >= 0.6 is 0 Å². The van der Waals surface area contributed by atoms with Crippen molar-refractivity contribution in [1.82, 2.24) is 0 Å². The molecule has 0 spiro atoms. The predicted molar refractivity (Wildman–Crippen MR) is 129 cm³/mol. The van der Waals surface area contributed by atoms with Gasteiger partial charge < -0.3 is 30.3 Å². The Labute approximate surface area is 189 Å². The van der Waals surface area contributed by atoms with Crippen molar-refractivity contribution in [2.75, 3.05) is 36.9 Å². The molecule has 0 heterocycles. The van der Waals surface area contributed by atoms with Crippen molar-refractivity contribution < 1.29 is 19.7 Å². The smallest absolute Gasteiger partial charge is 0.119 e. The number of aliphatic hydroxyl groups excluding tert-OH is 2. The van der Waals surface area contributed by atoms with Gasteiger partial charge >= 0.3 is 0 Å². The molecule has 0 aliphatic carbocycles. The zero-order chi connectivity index (χ0) is 22.8. The van der Waals surface area contributed by atoms with Gasteiger partial charge in [0.1, 0.15) is 36.9 Å². The summed E-state index contributed by atoms with van der Waals surface area (Å²) in [5.74, 6) is 1.29. The number of nitrogens with one attached hydrogen (secondary N) is 2. The van der Waals surface area contributed by atoms with Crippen LogP contribution in [0.15, 0.2) is 72.8 Å². The molecular formula is C26H32N2O4. The summed E-state index contributed by atoms with van der Waals surface area (Å²) < 4.78 is 11.3. The molecule has 0 aliphatic heterocycles. The predicted octanol–water partition coefficient (Wildman–Crippen LogP) is 4.01. The second kappa shape index (κ2) is 12.0. The maximum absolute atomic E-state index is 10.1. The Kier molecular flexibility index (Phi) is 8.78. The zero-order valence-electron chi connectivity index (χ0n) is 18.6. The minimum absolute atomic E-state index is 0.183. The second-order valence-electron chi connectivity index (χ2n) is 7.89. The van der Waals surface area contributed by atoms with Crippen LogP contribution in [0.3, 0.4) is 0 Å². The highest BCUT2D eigenvalue weighted by atomic mass is 16.5. The van der Waals surface area contributed by atoms with Gasteiger partial charge in [0.05, 0.1) is 0 Å². The summed E-state index contributed by atoms with van der Waals surface area (Å²) in [6.07, 6.45) is -1.27. The molecule has 0 amide bonds. The summed E-state index contributed by atoms with van der Waals surface area (Å²) >= 11 is 0. The van der Waals surface area contributed by atoms with Gasteiger partial charge in [0, 0.05) is 24.5 Å². The molecule has 0 bridgehead atoms. The van der Waals surface area contributed by atoms with E-state index in [1.54, 1.807) is 24.3 Å². The Morgan fingerprint density at radius 3 is 1.28 bits per heavy atom. The van der Waals surface area contributed by atoms with E-state index < -0.39 is 12.2 Å². The van der Waals surface area contributed by atoms with Crippen molar-refractivity contribution in [3.05, 3.63) is 83.9 Å². The lowest BCUT2D eigenvalue weighted by atomic mass is 10.2. The van der Waals surface area contributed by atoms with Gasteiger partial charge in [-0.25, -0.2) is 0 Å². The Balaban J connectivity index is 1.33. The summed E-state index contributed by atoms with van der Waals surface area (Å²) in [5, 5.41) is 26.6. The standard InChI is InChI=1S/C26H32N2O4/c1-19-3-7-21(8-4-19)27-15-23(29)17-31-25-11-13-26(14-12-25)32-18-24(30)16-28-22-9-5-20(2)6-10-22/h3-14,23-24,27-30H,15-18H2,1-2H3/t23-,24-/m0/s1. The Bertz CT molecular complexity index is 849. The van der Waals surface area contributed by atoms with Crippen LogP contribution in [0.2, 0.25) is 0 Å². The molecule has 3 aromatic rings. The third kappa shape index (κ3) is 8.13. The van der Waals surface area contributed by atoms with E-state index >= 15 is 0 Å². The van der Waals surface area contributed by atoms with Gasteiger partial charge in [0.2, 0.25) is 0 Å². The normalized spacial score (nSPS) is 12.6. The lowest BCUT2D eigenvalue weighted by Gasteiger charge is -2.15. The van der Waals surface area contributed by atoms with Crippen molar-refractivity contribution in [2.24, 2.45) is 0 Å². The van der Waals surface area contributed by atoms with E-state index in [4.69, 9.17) is 9.47 Å². The monoisotopic (exact) mass is 436 g/mol. The summed E-state index contributed by atoms with van der Waals surface area (Å²) in [7, 11) is 0. The second-order valence-corrected chi connectivity index (χ2v) is 7.89. The molecule has 3 rings (SSSR count). The first kappa shape index (κ1) is 23.4. The van der Waals surface area contributed by atoms with Crippen LogP contribution < -0.4 is 20.1 Å². The number of benzene rings is 3. The van der Waals surface area contributed by atoms with E-state index in [1.807, 2.05) is 62.4 Å². The van der Waals surface area contributed by atoms with Gasteiger partial charge in [-0.2, -0.15) is 0 Å². The largest absolute Gasteiger partial charge is 0.491 e. The number of aliphatic hydroxyl groups is 2. The molecule has 3 aromatic carbocycles. The van der Waals surface area contributed by atoms with E-state index in [1.165, 1.54) is 11.1 Å². The molecule has 6 nitrogen and oxygen atoms in total. The quantitative estimate of drug-likeness (QED) is 0.343. The third-order valence-corrected chi connectivity index (χ3v) is 4.90. The number of rotatable bonds is 12. The number of ether oxygens (including phenoxy) is 2. The average Bonchev–Trinajstić information content (AvgIpc) is 2.81. The van der Waals surface area contributed by atoms with Gasteiger partial charge in [0.15, 0.2) is 0 Å². The number of aryl methyl sites for hydroxylation is 2. The molecule has 32 heavy (non-hydrogen) atoms. The van der Waals surface area contributed by atoms with Gasteiger partial charge in [-0.3, -0.25) is 0 Å². The van der Waals surface area contributed by atoms with E-state index in [2.05, 4.69) is 10.6 Å². The summed E-state index contributed by atoms with van der Waals surface area (Å²) in [4.78, 5) is 0. The fraction of sp³-hybridized carbons (Fsp3) is 0.308. The first-order valence-corrected chi connectivity index (χ1v) is 10.8. The highest BCUT2D eigenvalue weighted by molar-refractivity contribution is 5.45. The fourth-order valence-electron chi connectivity index (χ4n) is 2.95. The van der Waals surface area contributed by atoms with Gasteiger partial charge in [-0.05, 0) is 62.4 Å². The van der Waals surface area contributed by atoms with Crippen LogP contribution in [0.25, 0.3) is 0 Å². The first-order chi connectivity index (χ1) is 15.5. The van der Waals surface area contributed by atoms with Crippen LogP contribution in [-0.2, 0) is 0 Å². The van der Waals surface area contributed by atoms with E-state index in [-0.39, 0.29) is 13.2 Å². The average molecular weight is 437 g/mol. The van der Waals surface area contributed by atoms with Crippen molar-refractivity contribution in [2.45, 2.75) is 26.1 Å². The molecule has 0 saturated heterocycles. The van der Waals surface area contributed by atoms with E-state index in [9.17, 15) is 10.2 Å². The van der Waals surface area contributed by atoms with Gasteiger partial charge in [0.25, 0.3) is 0 Å². The van der Waals surface area contributed by atoms with Crippen molar-refractivity contribution in [3.63, 3.8) is 0 Å². The zero-order valence-corrected chi connectivity index (χ0v) is 18.6.